The van der Waals surface area contributed by atoms with Crippen LogP contribution in [0.4, 0.5) is 9.59 Å². The first-order valence-corrected chi connectivity index (χ1v) is 7.66. The second kappa shape index (κ2) is 7.16. The summed E-state index contributed by atoms with van der Waals surface area (Å²) >= 11 is 0. The summed E-state index contributed by atoms with van der Waals surface area (Å²) in [5.74, 6) is -0.676. The molecule has 1 fully saturated rings. The molecule has 0 unspecified atom stereocenters. The Morgan fingerprint density at radius 2 is 2.00 bits per heavy atom. The third-order valence-corrected chi connectivity index (χ3v) is 4.01. The van der Waals surface area contributed by atoms with E-state index in [1.807, 2.05) is 0 Å². The Balaban J connectivity index is 1.86. The summed E-state index contributed by atoms with van der Waals surface area (Å²) in [5.41, 5.74) is -0.973. The van der Waals surface area contributed by atoms with Gasteiger partial charge in [0.2, 0.25) is 5.91 Å². The smallest absolute Gasteiger partial charge is 0.325 e. The molecule has 9 nitrogen and oxygen atoms in total. The third-order valence-electron chi connectivity index (χ3n) is 4.01. The highest BCUT2D eigenvalue weighted by molar-refractivity contribution is 6.09. The first-order chi connectivity index (χ1) is 11.4. The van der Waals surface area contributed by atoms with E-state index in [-0.39, 0.29) is 6.54 Å². The van der Waals surface area contributed by atoms with Gasteiger partial charge in [-0.3, -0.25) is 19.8 Å². The zero-order valence-corrected chi connectivity index (χ0v) is 13.5. The number of nitrogens with zero attached hydrogens (tertiary/aromatic N) is 1. The van der Waals surface area contributed by atoms with E-state index in [9.17, 15) is 19.2 Å². The molecule has 1 aliphatic heterocycles. The Kier molecular flexibility index (Phi) is 5.22. The summed E-state index contributed by atoms with van der Waals surface area (Å²) in [7, 11) is 0. The zero-order valence-electron chi connectivity index (χ0n) is 13.5. The van der Waals surface area contributed by atoms with Crippen LogP contribution in [0.15, 0.2) is 22.8 Å². The van der Waals surface area contributed by atoms with Gasteiger partial charge in [0.05, 0.1) is 12.8 Å². The standard InChI is InChI=1S/C15H20N4O5/c1-3-15(4-2)12(21)19(14(23)18-15)9-11(20)17-13(22)16-8-10-6-5-7-24-10/h5-7H,3-4,8-9H2,1-2H3,(H,18,23)(H2,16,17,20,22). The first-order valence-electron chi connectivity index (χ1n) is 7.66. The van der Waals surface area contributed by atoms with Crippen molar-refractivity contribution in [3.05, 3.63) is 24.2 Å². The van der Waals surface area contributed by atoms with Gasteiger partial charge < -0.3 is 15.1 Å². The monoisotopic (exact) mass is 336 g/mol. The third kappa shape index (κ3) is 3.55. The van der Waals surface area contributed by atoms with E-state index in [0.29, 0.717) is 18.6 Å². The van der Waals surface area contributed by atoms with Crippen LogP contribution in [0.5, 0.6) is 0 Å². The number of hydrogen-bond donors (Lipinski definition) is 3. The average molecular weight is 336 g/mol. The quantitative estimate of drug-likeness (QED) is 0.661. The molecule has 1 saturated heterocycles. The molecule has 0 atom stereocenters. The number of amides is 6. The van der Waals surface area contributed by atoms with Gasteiger partial charge in [0.15, 0.2) is 0 Å². The van der Waals surface area contributed by atoms with Crippen LogP contribution in [-0.4, -0.2) is 40.9 Å². The maximum absolute atomic E-state index is 12.4. The molecular weight excluding hydrogens is 316 g/mol. The van der Waals surface area contributed by atoms with E-state index >= 15 is 0 Å². The van der Waals surface area contributed by atoms with Crippen LogP contribution in [-0.2, 0) is 16.1 Å². The molecule has 2 heterocycles. The molecule has 1 aromatic rings. The predicted octanol–water partition coefficient (Wildman–Crippen LogP) is 0.716. The van der Waals surface area contributed by atoms with Crippen LogP contribution in [0.1, 0.15) is 32.4 Å². The lowest BCUT2D eigenvalue weighted by molar-refractivity contribution is -0.134. The van der Waals surface area contributed by atoms with Gasteiger partial charge in [0.25, 0.3) is 5.91 Å². The second-order valence-electron chi connectivity index (χ2n) is 5.42. The van der Waals surface area contributed by atoms with Crippen molar-refractivity contribution in [2.45, 2.75) is 38.8 Å². The molecule has 0 bridgehead atoms. The van der Waals surface area contributed by atoms with Crippen LogP contribution >= 0.6 is 0 Å². The van der Waals surface area contributed by atoms with Gasteiger partial charge in [0, 0.05) is 0 Å². The van der Waals surface area contributed by atoms with E-state index in [1.165, 1.54) is 6.26 Å². The Hall–Kier alpha value is -2.84. The molecule has 3 N–H and O–H groups in total. The number of furan rings is 1. The van der Waals surface area contributed by atoms with E-state index in [1.54, 1.807) is 26.0 Å². The number of imide groups is 2. The molecule has 9 heteroatoms. The van der Waals surface area contributed by atoms with Crippen LogP contribution in [0, 0.1) is 0 Å². The average Bonchev–Trinajstić information content (AvgIpc) is 3.15. The van der Waals surface area contributed by atoms with E-state index in [0.717, 1.165) is 4.90 Å². The topological polar surface area (TPSA) is 121 Å². The Labute approximate surface area is 138 Å². The van der Waals surface area contributed by atoms with E-state index in [2.05, 4.69) is 16.0 Å². The van der Waals surface area contributed by atoms with Crippen molar-refractivity contribution in [3.63, 3.8) is 0 Å². The summed E-state index contributed by atoms with van der Waals surface area (Å²) in [6.07, 6.45) is 2.32. The van der Waals surface area contributed by atoms with Crippen molar-refractivity contribution in [1.29, 1.82) is 0 Å². The number of nitrogens with one attached hydrogen (secondary N) is 3. The van der Waals surface area contributed by atoms with Gasteiger partial charge in [-0.25, -0.2) is 9.59 Å². The Morgan fingerprint density at radius 3 is 2.54 bits per heavy atom. The number of rotatable bonds is 6. The van der Waals surface area contributed by atoms with Gasteiger partial charge in [0.1, 0.15) is 17.8 Å². The Morgan fingerprint density at radius 1 is 1.29 bits per heavy atom. The van der Waals surface area contributed by atoms with Crippen molar-refractivity contribution in [2.24, 2.45) is 0 Å². The highest BCUT2D eigenvalue weighted by Gasteiger charge is 2.49. The van der Waals surface area contributed by atoms with E-state index in [4.69, 9.17) is 4.42 Å². The number of carbonyl (C=O) groups is 4. The fraction of sp³-hybridized carbons (Fsp3) is 0.467. The van der Waals surface area contributed by atoms with Gasteiger partial charge >= 0.3 is 12.1 Å². The summed E-state index contributed by atoms with van der Waals surface area (Å²) in [5, 5.41) is 7.12. The molecule has 24 heavy (non-hydrogen) atoms. The minimum absolute atomic E-state index is 0.115. The van der Waals surface area contributed by atoms with Crippen molar-refractivity contribution in [3.8, 4) is 0 Å². The van der Waals surface area contributed by atoms with Gasteiger partial charge in [-0.05, 0) is 25.0 Å². The van der Waals surface area contributed by atoms with Crippen molar-refractivity contribution in [2.75, 3.05) is 6.54 Å². The normalized spacial score (nSPS) is 16.0. The van der Waals surface area contributed by atoms with Gasteiger partial charge in [-0.1, -0.05) is 13.8 Å². The molecule has 0 radical (unpaired) electrons. The van der Waals surface area contributed by atoms with Gasteiger partial charge in [-0.15, -0.1) is 0 Å². The van der Waals surface area contributed by atoms with Gasteiger partial charge in [-0.2, -0.15) is 0 Å². The fourth-order valence-electron chi connectivity index (χ4n) is 2.48. The van der Waals surface area contributed by atoms with Crippen molar-refractivity contribution >= 4 is 23.9 Å². The maximum atomic E-state index is 12.4. The summed E-state index contributed by atoms with van der Waals surface area (Å²) in [6.45, 7) is 3.17. The molecule has 0 aromatic carbocycles. The van der Waals surface area contributed by atoms with Crippen LogP contribution < -0.4 is 16.0 Å². The zero-order chi connectivity index (χ0) is 17.7. The van der Waals surface area contributed by atoms with Crippen LogP contribution in [0.3, 0.4) is 0 Å². The molecule has 6 amide bonds. The summed E-state index contributed by atoms with van der Waals surface area (Å²) in [6, 6.07) is 1.98. The minimum Gasteiger partial charge on any atom is -0.467 e. The van der Waals surface area contributed by atoms with Crippen molar-refractivity contribution < 1.29 is 23.6 Å². The van der Waals surface area contributed by atoms with Crippen molar-refractivity contribution in [1.82, 2.24) is 20.9 Å². The maximum Gasteiger partial charge on any atom is 0.325 e. The molecule has 0 aliphatic carbocycles. The first kappa shape index (κ1) is 17.5. The highest BCUT2D eigenvalue weighted by Crippen LogP contribution is 2.24. The molecule has 1 aromatic heterocycles. The molecule has 0 spiro atoms. The lowest BCUT2D eigenvalue weighted by atomic mass is 9.93. The largest absolute Gasteiger partial charge is 0.467 e. The SMILES string of the molecule is CCC1(CC)NC(=O)N(CC(=O)NC(=O)NCc2ccco2)C1=O. The summed E-state index contributed by atoms with van der Waals surface area (Å²) < 4.78 is 5.04. The molecule has 130 valence electrons. The second-order valence-corrected chi connectivity index (χ2v) is 5.42. The fourth-order valence-corrected chi connectivity index (χ4v) is 2.48. The predicted molar refractivity (Wildman–Crippen MR) is 82.6 cm³/mol. The summed E-state index contributed by atoms with van der Waals surface area (Å²) in [4.78, 5) is 48.6. The lowest BCUT2D eigenvalue weighted by Crippen LogP contribution is -2.48. The number of urea groups is 2. The lowest BCUT2D eigenvalue weighted by Gasteiger charge is -2.22. The van der Waals surface area contributed by atoms with E-state index < -0.39 is 36.0 Å². The molecule has 0 saturated carbocycles. The van der Waals surface area contributed by atoms with Crippen LogP contribution in [0.25, 0.3) is 0 Å². The number of carbonyl (C=O) groups excluding carboxylic acids is 4. The highest BCUT2D eigenvalue weighted by atomic mass is 16.3. The van der Waals surface area contributed by atoms with Crippen LogP contribution in [0.2, 0.25) is 0 Å². The minimum atomic E-state index is -0.973. The number of hydrogen-bond acceptors (Lipinski definition) is 5. The molecular formula is C15H20N4O5. The Bertz CT molecular complexity index is 636. The molecule has 2 rings (SSSR count). The molecule has 1 aliphatic rings.